The first-order valence-corrected chi connectivity index (χ1v) is 6.13. The number of pyridine rings is 1. The van der Waals surface area contributed by atoms with Gasteiger partial charge in [0.2, 0.25) is 0 Å². The van der Waals surface area contributed by atoms with E-state index >= 15 is 0 Å². The van der Waals surface area contributed by atoms with Gasteiger partial charge in [-0.05, 0) is 63.1 Å². The monoisotopic (exact) mass is 219 g/mol. The molecule has 0 bridgehead atoms. The SMILES string of the molecule is CN(CCc1ccncc1)CCC1CNC1. The molecular formula is C13H21N3. The molecule has 88 valence electrons. The minimum absolute atomic E-state index is 0.920. The first-order chi connectivity index (χ1) is 7.84. The van der Waals surface area contributed by atoms with Gasteiger partial charge < -0.3 is 10.2 Å². The lowest BCUT2D eigenvalue weighted by Gasteiger charge is -2.29. The predicted molar refractivity (Wildman–Crippen MR) is 66.4 cm³/mol. The minimum atomic E-state index is 0.920. The standard InChI is InChI=1S/C13H21N3/c1-16(9-5-13-10-15-11-13)8-4-12-2-6-14-7-3-12/h2-3,6-7,13,15H,4-5,8-11H2,1H3. The van der Waals surface area contributed by atoms with Crippen LogP contribution in [0.5, 0.6) is 0 Å². The second-order valence-electron chi connectivity index (χ2n) is 4.72. The molecule has 0 unspecified atom stereocenters. The molecule has 1 aliphatic heterocycles. The van der Waals surface area contributed by atoms with Gasteiger partial charge in [0, 0.05) is 18.9 Å². The third kappa shape index (κ3) is 3.58. The Bertz CT molecular complexity index is 295. The Labute approximate surface area is 97.9 Å². The van der Waals surface area contributed by atoms with Crippen LogP contribution in [0.1, 0.15) is 12.0 Å². The van der Waals surface area contributed by atoms with Crippen LogP contribution < -0.4 is 5.32 Å². The number of hydrogen-bond acceptors (Lipinski definition) is 3. The van der Waals surface area contributed by atoms with E-state index in [1.165, 1.54) is 31.6 Å². The number of nitrogens with zero attached hydrogens (tertiary/aromatic N) is 2. The lowest BCUT2D eigenvalue weighted by molar-refractivity contribution is 0.258. The molecule has 0 atom stereocenters. The van der Waals surface area contributed by atoms with Gasteiger partial charge in [0.25, 0.3) is 0 Å². The molecule has 0 amide bonds. The molecule has 3 nitrogen and oxygen atoms in total. The third-order valence-electron chi connectivity index (χ3n) is 3.32. The maximum absolute atomic E-state index is 4.03. The Balaban J connectivity index is 1.61. The summed E-state index contributed by atoms with van der Waals surface area (Å²) in [6, 6.07) is 4.20. The highest BCUT2D eigenvalue weighted by Gasteiger charge is 2.16. The molecule has 0 saturated carbocycles. The molecular weight excluding hydrogens is 198 g/mol. The average molecular weight is 219 g/mol. The zero-order chi connectivity index (χ0) is 11.2. The summed E-state index contributed by atoms with van der Waals surface area (Å²) in [6.45, 7) is 4.80. The van der Waals surface area contributed by atoms with Crippen molar-refractivity contribution in [2.24, 2.45) is 5.92 Å². The molecule has 3 heteroatoms. The summed E-state index contributed by atoms with van der Waals surface area (Å²) in [5, 5.41) is 3.32. The van der Waals surface area contributed by atoms with Crippen molar-refractivity contribution in [3.63, 3.8) is 0 Å². The fourth-order valence-electron chi connectivity index (χ4n) is 1.94. The Kier molecular flexibility index (Phi) is 4.31. The summed E-state index contributed by atoms with van der Waals surface area (Å²) in [7, 11) is 2.22. The smallest absolute Gasteiger partial charge is 0.0270 e. The molecule has 0 aliphatic carbocycles. The molecule has 1 aliphatic rings. The quantitative estimate of drug-likeness (QED) is 0.778. The van der Waals surface area contributed by atoms with Gasteiger partial charge in [-0.2, -0.15) is 0 Å². The first kappa shape index (κ1) is 11.6. The predicted octanol–water partition coefficient (Wildman–Crippen LogP) is 1.17. The highest BCUT2D eigenvalue weighted by atomic mass is 15.1. The Hall–Kier alpha value is -0.930. The van der Waals surface area contributed by atoms with Crippen LogP contribution in [0.4, 0.5) is 0 Å². The van der Waals surface area contributed by atoms with Crippen LogP contribution in [0.2, 0.25) is 0 Å². The van der Waals surface area contributed by atoms with Crippen molar-refractivity contribution in [1.29, 1.82) is 0 Å². The van der Waals surface area contributed by atoms with E-state index in [1.807, 2.05) is 12.4 Å². The van der Waals surface area contributed by atoms with Gasteiger partial charge in [-0.3, -0.25) is 4.98 Å². The normalized spacial score (nSPS) is 16.4. The first-order valence-electron chi connectivity index (χ1n) is 6.13. The zero-order valence-electron chi connectivity index (χ0n) is 10.0. The molecule has 1 N–H and O–H groups in total. The minimum Gasteiger partial charge on any atom is -0.316 e. The van der Waals surface area contributed by atoms with Crippen molar-refractivity contribution in [2.45, 2.75) is 12.8 Å². The Morgan fingerprint density at radius 2 is 2.06 bits per heavy atom. The van der Waals surface area contributed by atoms with E-state index in [0.29, 0.717) is 0 Å². The summed E-state index contributed by atoms with van der Waals surface area (Å²) < 4.78 is 0. The van der Waals surface area contributed by atoms with E-state index in [2.05, 4.69) is 34.4 Å². The van der Waals surface area contributed by atoms with Crippen LogP contribution in [0, 0.1) is 5.92 Å². The lowest BCUT2D eigenvalue weighted by atomic mass is 9.99. The number of nitrogens with one attached hydrogen (secondary N) is 1. The van der Waals surface area contributed by atoms with Gasteiger partial charge in [-0.1, -0.05) is 0 Å². The van der Waals surface area contributed by atoms with Gasteiger partial charge in [0.15, 0.2) is 0 Å². The fourth-order valence-corrected chi connectivity index (χ4v) is 1.94. The maximum Gasteiger partial charge on any atom is 0.0270 e. The molecule has 0 spiro atoms. The molecule has 0 aromatic carbocycles. The lowest BCUT2D eigenvalue weighted by Crippen LogP contribution is -2.43. The Morgan fingerprint density at radius 3 is 2.69 bits per heavy atom. The van der Waals surface area contributed by atoms with Gasteiger partial charge in [-0.15, -0.1) is 0 Å². The third-order valence-corrected chi connectivity index (χ3v) is 3.32. The molecule has 1 saturated heterocycles. The van der Waals surface area contributed by atoms with Crippen molar-refractivity contribution in [3.05, 3.63) is 30.1 Å². The van der Waals surface area contributed by atoms with Gasteiger partial charge in [0.1, 0.15) is 0 Å². The maximum atomic E-state index is 4.03. The highest BCUT2D eigenvalue weighted by Crippen LogP contribution is 2.08. The van der Waals surface area contributed by atoms with Crippen LogP contribution in [0.25, 0.3) is 0 Å². The highest BCUT2D eigenvalue weighted by molar-refractivity contribution is 5.09. The summed E-state index contributed by atoms with van der Waals surface area (Å²) in [5.74, 6) is 0.920. The van der Waals surface area contributed by atoms with E-state index in [4.69, 9.17) is 0 Å². The summed E-state index contributed by atoms with van der Waals surface area (Å²) in [6.07, 6.45) is 6.20. The molecule has 1 aromatic heterocycles. The van der Waals surface area contributed by atoms with Crippen molar-refractivity contribution in [2.75, 3.05) is 33.2 Å². The largest absolute Gasteiger partial charge is 0.316 e. The molecule has 1 fully saturated rings. The summed E-state index contributed by atoms with van der Waals surface area (Å²) in [4.78, 5) is 6.46. The van der Waals surface area contributed by atoms with Crippen molar-refractivity contribution < 1.29 is 0 Å². The van der Waals surface area contributed by atoms with Crippen molar-refractivity contribution >= 4 is 0 Å². The van der Waals surface area contributed by atoms with Crippen LogP contribution in [-0.2, 0) is 6.42 Å². The van der Waals surface area contributed by atoms with E-state index < -0.39 is 0 Å². The van der Waals surface area contributed by atoms with Crippen LogP contribution in [0.15, 0.2) is 24.5 Å². The molecule has 2 heterocycles. The van der Waals surface area contributed by atoms with Gasteiger partial charge in [0.05, 0.1) is 0 Å². The van der Waals surface area contributed by atoms with Gasteiger partial charge >= 0.3 is 0 Å². The van der Waals surface area contributed by atoms with Crippen LogP contribution >= 0.6 is 0 Å². The molecule has 0 radical (unpaired) electrons. The number of rotatable bonds is 6. The van der Waals surface area contributed by atoms with E-state index in [-0.39, 0.29) is 0 Å². The Morgan fingerprint density at radius 1 is 1.31 bits per heavy atom. The second kappa shape index (κ2) is 5.97. The van der Waals surface area contributed by atoms with E-state index in [0.717, 1.165) is 18.9 Å². The van der Waals surface area contributed by atoms with Crippen LogP contribution in [0.3, 0.4) is 0 Å². The molecule has 1 aromatic rings. The van der Waals surface area contributed by atoms with E-state index in [9.17, 15) is 0 Å². The number of aromatic nitrogens is 1. The summed E-state index contributed by atoms with van der Waals surface area (Å²) >= 11 is 0. The zero-order valence-corrected chi connectivity index (χ0v) is 10.0. The average Bonchev–Trinajstić information content (AvgIpc) is 2.26. The van der Waals surface area contributed by atoms with E-state index in [1.54, 1.807) is 0 Å². The molecule has 16 heavy (non-hydrogen) atoms. The number of hydrogen-bond donors (Lipinski definition) is 1. The fraction of sp³-hybridized carbons (Fsp3) is 0.615. The number of likely N-dealkylation sites (N-methyl/N-ethyl adjacent to an activating group) is 1. The summed E-state index contributed by atoms with van der Waals surface area (Å²) in [5.41, 5.74) is 1.38. The van der Waals surface area contributed by atoms with Crippen LogP contribution in [-0.4, -0.2) is 43.1 Å². The van der Waals surface area contributed by atoms with Crippen molar-refractivity contribution in [3.8, 4) is 0 Å². The van der Waals surface area contributed by atoms with Crippen molar-refractivity contribution in [1.82, 2.24) is 15.2 Å². The topological polar surface area (TPSA) is 28.2 Å². The second-order valence-corrected chi connectivity index (χ2v) is 4.72. The molecule has 2 rings (SSSR count). The van der Waals surface area contributed by atoms with Gasteiger partial charge in [-0.25, -0.2) is 0 Å².